The van der Waals surface area contributed by atoms with Gasteiger partial charge in [-0.1, -0.05) is 0 Å². The molecule has 0 aromatic carbocycles. The molecule has 0 radical (unpaired) electrons. The second-order valence-electron chi connectivity index (χ2n) is 3.03. The number of hydrogen-bond acceptors (Lipinski definition) is 2. The molecular weight excluding hydrogens is 154 g/mol. The van der Waals surface area contributed by atoms with Gasteiger partial charge >= 0.3 is 0 Å². The minimum absolute atomic E-state index is 0.0337. The summed E-state index contributed by atoms with van der Waals surface area (Å²) in [5, 5.41) is 2.80. The lowest BCUT2D eigenvalue weighted by Crippen LogP contribution is -2.31. The van der Waals surface area contributed by atoms with Crippen LogP contribution in [0, 0.1) is 0 Å². The second kappa shape index (κ2) is 3.95. The molecule has 66 valence electrons. The van der Waals surface area contributed by atoms with E-state index in [2.05, 4.69) is 5.32 Å². The Kier molecular flexibility index (Phi) is 2.91. The summed E-state index contributed by atoms with van der Waals surface area (Å²) in [6, 6.07) is 1.99. The van der Waals surface area contributed by atoms with E-state index in [1.165, 1.54) is 0 Å². The summed E-state index contributed by atoms with van der Waals surface area (Å²) in [6.07, 6.45) is 3.55. The van der Waals surface area contributed by atoms with Crippen molar-refractivity contribution in [2.45, 2.75) is 26.3 Å². The predicted octanol–water partition coefficient (Wildman–Crippen LogP) is 1.35. The molecular formula is C9H13NO2. The molecule has 0 aliphatic heterocycles. The quantitative estimate of drug-likeness (QED) is 0.738. The minimum atomic E-state index is 0.0337. The number of furan rings is 1. The molecule has 1 aromatic rings. The molecule has 0 bridgehead atoms. The number of hydrogen-bond donors (Lipinski definition) is 1. The molecule has 1 amide bonds. The lowest BCUT2D eigenvalue weighted by molar-refractivity contribution is -0.120. The third-order valence-corrected chi connectivity index (χ3v) is 1.39. The summed E-state index contributed by atoms with van der Waals surface area (Å²) in [5.41, 5.74) is 0.910. The topological polar surface area (TPSA) is 42.2 Å². The summed E-state index contributed by atoms with van der Waals surface area (Å²) in [6.45, 7) is 3.88. The first kappa shape index (κ1) is 8.84. The zero-order valence-corrected chi connectivity index (χ0v) is 7.33. The summed E-state index contributed by atoms with van der Waals surface area (Å²) in [7, 11) is 0. The highest BCUT2D eigenvalue weighted by Crippen LogP contribution is 2.00. The minimum Gasteiger partial charge on any atom is -0.472 e. The van der Waals surface area contributed by atoms with Crippen molar-refractivity contribution in [3.8, 4) is 0 Å². The molecule has 1 aromatic heterocycles. The Hall–Kier alpha value is -1.25. The molecule has 0 saturated carbocycles. The lowest BCUT2D eigenvalue weighted by Gasteiger charge is -2.06. The zero-order chi connectivity index (χ0) is 8.97. The van der Waals surface area contributed by atoms with Crippen molar-refractivity contribution < 1.29 is 9.21 Å². The molecule has 0 unspecified atom stereocenters. The van der Waals surface area contributed by atoms with E-state index in [0.717, 1.165) is 5.56 Å². The van der Waals surface area contributed by atoms with Crippen molar-refractivity contribution in [2.24, 2.45) is 0 Å². The first-order valence-corrected chi connectivity index (χ1v) is 3.99. The Bertz CT molecular complexity index is 239. The number of carbonyl (C=O) groups excluding carboxylic acids is 1. The van der Waals surface area contributed by atoms with Crippen molar-refractivity contribution in [1.29, 1.82) is 0 Å². The van der Waals surface area contributed by atoms with Crippen LogP contribution in [0.3, 0.4) is 0 Å². The normalized spacial score (nSPS) is 10.2. The number of carbonyl (C=O) groups is 1. The standard InChI is InChI=1S/C9H13NO2/c1-7(2)10-9(11)5-8-3-4-12-6-8/h3-4,6-7H,5H2,1-2H3,(H,10,11). The third kappa shape index (κ3) is 2.78. The highest BCUT2D eigenvalue weighted by atomic mass is 16.3. The fraction of sp³-hybridized carbons (Fsp3) is 0.444. The van der Waals surface area contributed by atoms with Crippen LogP contribution in [-0.4, -0.2) is 11.9 Å². The van der Waals surface area contributed by atoms with Gasteiger partial charge in [-0.3, -0.25) is 4.79 Å². The first-order chi connectivity index (χ1) is 5.68. The van der Waals surface area contributed by atoms with Crippen LogP contribution in [0.4, 0.5) is 0 Å². The van der Waals surface area contributed by atoms with Crippen LogP contribution in [-0.2, 0) is 11.2 Å². The maximum Gasteiger partial charge on any atom is 0.224 e. The van der Waals surface area contributed by atoms with Crippen molar-refractivity contribution in [3.63, 3.8) is 0 Å². The molecule has 0 atom stereocenters. The van der Waals surface area contributed by atoms with Crippen LogP contribution in [0.15, 0.2) is 23.0 Å². The summed E-state index contributed by atoms with van der Waals surface area (Å²) in [5.74, 6) is 0.0337. The van der Waals surface area contributed by atoms with E-state index in [4.69, 9.17) is 4.42 Å². The first-order valence-electron chi connectivity index (χ1n) is 3.99. The summed E-state index contributed by atoms with van der Waals surface area (Å²) >= 11 is 0. The lowest BCUT2D eigenvalue weighted by atomic mass is 10.2. The number of nitrogens with one attached hydrogen (secondary N) is 1. The molecule has 12 heavy (non-hydrogen) atoms. The van der Waals surface area contributed by atoms with Crippen molar-refractivity contribution in [3.05, 3.63) is 24.2 Å². The smallest absolute Gasteiger partial charge is 0.224 e. The van der Waals surface area contributed by atoms with Gasteiger partial charge in [-0.05, 0) is 25.5 Å². The van der Waals surface area contributed by atoms with Gasteiger partial charge in [0, 0.05) is 6.04 Å². The molecule has 0 spiro atoms. The fourth-order valence-electron chi connectivity index (χ4n) is 0.952. The van der Waals surface area contributed by atoms with E-state index in [9.17, 15) is 4.79 Å². The molecule has 3 heteroatoms. The molecule has 1 N–H and O–H groups in total. The Morgan fingerprint density at radius 1 is 1.67 bits per heavy atom. The molecule has 0 aliphatic carbocycles. The highest BCUT2D eigenvalue weighted by molar-refractivity contribution is 5.78. The Balaban J connectivity index is 2.37. The van der Waals surface area contributed by atoms with Crippen molar-refractivity contribution in [1.82, 2.24) is 5.32 Å². The average molecular weight is 167 g/mol. The van der Waals surface area contributed by atoms with Gasteiger partial charge in [0.05, 0.1) is 18.9 Å². The maximum absolute atomic E-state index is 11.2. The monoisotopic (exact) mass is 167 g/mol. The predicted molar refractivity (Wildman–Crippen MR) is 45.7 cm³/mol. The van der Waals surface area contributed by atoms with Crippen LogP contribution in [0.25, 0.3) is 0 Å². The fourth-order valence-corrected chi connectivity index (χ4v) is 0.952. The van der Waals surface area contributed by atoms with Crippen molar-refractivity contribution in [2.75, 3.05) is 0 Å². The van der Waals surface area contributed by atoms with E-state index in [1.807, 2.05) is 13.8 Å². The van der Waals surface area contributed by atoms with E-state index in [1.54, 1.807) is 18.6 Å². The van der Waals surface area contributed by atoms with E-state index >= 15 is 0 Å². The van der Waals surface area contributed by atoms with Gasteiger partial charge in [-0.25, -0.2) is 0 Å². The molecule has 3 nitrogen and oxygen atoms in total. The van der Waals surface area contributed by atoms with Crippen LogP contribution < -0.4 is 5.32 Å². The molecule has 1 heterocycles. The Morgan fingerprint density at radius 3 is 2.92 bits per heavy atom. The van der Waals surface area contributed by atoms with Gasteiger partial charge in [-0.2, -0.15) is 0 Å². The number of amides is 1. The van der Waals surface area contributed by atoms with Gasteiger partial charge in [0.2, 0.25) is 5.91 Å². The SMILES string of the molecule is CC(C)NC(=O)Cc1ccoc1. The van der Waals surface area contributed by atoms with Gasteiger partial charge in [0.15, 0.2) is 0 Å². The maximum atomic E-state index is 11.2. The van der Waals surface area contributed by atoms with Crippen LogP contribution in [0.2, 0.25) is 0 Å². The second-order valence-corrected chi connectivity index (χ2v) is 3.03. The van der Waals surface area contributed by atoms with Crippen molar-refractivity contribution >= 4 is 5.91 Å². The summed E-state index contributed by atoms with van der Waals surface area (Å²) < 4.78 is 4.84. The molecule has 1 rings (SSSR count). The third-order valence-electron chi connectivity index (χ3n) is 1.39. The average Bonchev–Trinajstić information content (AvgIpc) is 2.37. The Labute approximate surface area is 71.8 Å². The van der Waals surface area contributed by atoms with E-state index < -0.39 is 0 Å². The van der Waals surface area contributed by atoms with Gasteiger partial charge < -0.3 is 9.73 Å². The van der Waals surface area contributed by atoms with Crippen LogP contribution in [0.5, 0.6) is 0 Å². The molecule has 0 aliphatic rings. The van der Waals surface area contributed by atoms with Crippen LogP contribution in [0.1, 0.15) is 19.4 Å². The van der Waals surface area contributed by atoms with Gasteiger partial charge in [-0.15, -0.1) is 0 Å². The van der Waals surface area contributed by atoms with Gasteiger partial charge in [0.1, 0.15) is 0 Å². The van der Waals surface area contributed by atoms with Crippen LogP contribution >= 0.6 is 0 Å². The zero-order valence-electron chi connectivity index (χ0n) is 7.33. The van der Waals surface area contributed by atoms with E-state index in [-0.39, 0.29) is 11.9 Å². The summed E-state index contributed by atoms with van der Waals surface area (Å²) in [4.78, 5) is 11.2. The molecule has 0 fully saturated rings. The number of rotatable bonds is 3. The largest absolute Gasteiger partial charge is 0.472 e. The highest BCUT2D eigenvalue weighted by Gasteiger charge is 2.04. The van der Waals surface area contributed by atoms with Gasteiger partial charge in [0.25, 0.3) is 0 Å². The Morgan fingerprint density at radius 2 is 2.42 bits per heavy atom. The van der Waals surface area contributed by atoms with E-state index in [0.29, 0.717) is 6.42 Å². The molecule has 0 saturated heterocycles.